The Kier molecular flexibility index (Phi) is 4.70. The summed E-state index contributed by atoms with van der Waals surface area (Å²) < 4.78 is 37.8. The first-order chi connectivity index (χ1) is 9.39. The van der Waals surface area contributed by atoms with Crippen molar-refractivity contribution in [3.05, 3.63) is 28.2 Å². The zero-order chi connectivity index (χ0) is 14.8. The van der Waals surface area contributed by atoms with E-state index < -0.39 is 12.7 Å². The molecule has 0 N–H and O–H groups in total. The van der Waals surface area contributed by atoms with Crippen molar-refractivity contribution in [3.63, 3.8) is 0 Å². The summed E-state index contributed by atoms with van der Waals surface area (Å²) in [5, 5.41) is 0. The number of hydrogen-bond acceptors (Lipinski definition) is 3. The molecule has 0 radical (unpaired) electrons. The van der Waals surface area contributed by atoms with Crippen LogP contribution in [0, 0.1) is 0 Å². The predicted octanol–water partition coefficient (Wildman–Crippen LogP) is 2.95. The molecule has 7 heteroatoms. The fourth-order valence-corrected chi connectivity index (χ4v) is 2.64. The second-order valence-electron chi connectivity index (χ2n) is 4.70. The van der Waals surface area contributed by atoms with Gasteiger partial charge in [0.1, 0.15) is 0 Å². The molecule has 1 aromatic carbocycles. The third-order valence-electron chi connectivity index (χ3n) is 3.24. The smallest absolute Gasteiger partial charge is 0.368 e. The van der Waals surface area contributed by atoms with E-state index in [9.17, 15) is 18.0 Å². The molecule has 3 nitrogen and oxygen atoms in total. The summed E-state index contributed by atoms with van der Waals surface area (Å²) in [5.41, 5.74) is 1.32. The summed E-state index contributed by atoms with van der Waals surface area (Å²) >= 11 is 3.34. The minimum atomic E-state index is -4.16. The molecule has 0 amide bonds. The number of hydrogen-bond donors (Lipinski definition) is 0. The Hall–Kier alpha value is -1.08. The number of rotatable bonds is 3. The molecular formula is C13H14BrF3N2O. The lowest BCUT2D eigenvalue weighted by Gasteiger charge is -2.36. The fourth-order valence-electron chi connectivity index (χ4n) is 2.29. The van der Waals surface area contributed by atoms with Crippen molar-refractivity contribution in [1.82, 2.24) is 4.90 Å². The maximum Gasteiger partial charge on any atom is 0.401 e. The number of piperazine rings is 1. The molecule has 1 aliphatic rings. The topological polar surface area (TPSA) is 23.6 Å². The number of alkyl halides is 3. The Bertz CT molecular complexity index is 485. The Morgan fingerprint density at radius 3 is 2.40 bits per heavy atom. The summed E-state index contributed by atoms with van der Waals surface area (Å²) in [6.07, 6.45) is -3.39. The lowest BCUT2D eigenvalue weighted by Crippen LogP contribution is -2.49. The van der Waals surface area contributed by atoms with Gasteiger partial charge < -0.3 is 4.90 Å². The van der Waals surface area contributed by atoms with Crippen LogP contribution in [0.25, 0.3) is 0 Å². The van der Waals surface area contributed by atoms with Crippen LogP contribution in [0.2, 0.25) is 0 Å². The highest BCUT2D eigenvalue weighted by Crippen LogP contribution is 2.26. The van der Waals surface area contributed by atoms with E-state index in [-0.39, 0.29) is 0 Å². The maximum atomic E-state index is 12.3. The van der Waals surface area contributed by atoms with Crippen molar-refractivity contribution >= 4 is 27.9 Å². The molecule has 1 heterocycles. The molecule has 0 saturated carbocycles. The molecule has 0 atom stereocenters. The molecule has 0 unspecified atom stereocenters. The molecule has 20 heavy (non-hydrogen) atoms. The lowest BCUT2D eigenvalue weighted by atomic mass is 10.1. The molecule has 1 fully saturated rings. The highest BCUT2D eigenvalue weighted by atomic mass is 79.9. The van der Waals surface area contributed by atoms with Gasteiger partial charge in [0.05, 0.1) is 6.54 Å². The molecule has 2 rings (SSSR count). The minimum Gasteiger partial charge on any atom is -0.368 e. The van der Waals surface area contributed by atoms with Gasteiger partial charge in [0.25, 0.3) is 0 Å². The van der Waals surface area contributed by atoms with Crippen molar-refractivity contribution in [2.45, 2.75) is 6.18 Å². The zero-order valence-corrected chi connectivity index (χ0v) is 12.2. The van der Waals surface area contributed by atoms with Crippen LogP contribution in [-0.4, -0.2) is 50.1 Å². The van der Waals surface area contributed by atoms with Crippen LogP contribution in [0.4, 0.5) is 18.9 Å². The lowest BCUT2D eigenvalue weighted by molar-refractivity contribution is -0.146. The second-order valence-corrected chi connectivity index (χ2v) is 5.62. The summed E-state index contributed by atoms with van der Waals surface area (Å²) in [6, 6.07) is 5.30. The third-order valence-corrected chi connectivity index (χ3v) is 3.73. The van der Waals surface area contributed by atoms with E-state index in [1.165, 1.54) is 4.90 Å². The van der Waals surface area contributed by atoms with Crippen molar-refractivity contribution in [1.29, 1.82) is 0 Å². The van der Waals surface area contributed by atoms with E-state index in [4.69, 9.17) is 0 Å². The second kappa shape index (κ2) is 6.13. The van der Waals surface area contributed by atoms with Crippen LogP contribution in [0.1, 0.15) is 10.4 Å². The van der Waals surface area contributed by atoms with Crippen LogP contribution in [0.15, 0.2) is 22.7 Å². The van der Waals surface area contributed by atoms with E-state index in [0.29, 0.717) is 31.7 Å². The van der Waals surface area contributed by atoms with Gasteiger partial charge in [0.15, 0.2) is 6.29 Å². The largest absolute Gasteiger partial charge is 0.401 e. The Morgan fingerprint density at radius 2 is 1.85 bits per heavy atom. The highest BCUT2D eigenvalue weighted by Gasteiger charge is 2.32. The molecule has 1 saturated heterocycles. The zero-order valence-electron chi connectivity index (χ0n) is 10.7. The Morgan fingerprint density at radius 1 is 1.20 bits per heavy atom. The van der Waals surface area contributed by atoms with E-state index in [2.05, 4.69) is 15.9 Å². The number of benzene rings is 1. The highest BCUT2D eigenvalue weighted by molar-refractivity contribution is 9.10. The molecule has 110 valence electrons. The van der Waals surface area contributed by atoms with Crippen molar-refractivity contribution in [2.24, 2.45) is 0 Å². The average Bonchev–Trinajstić information content (AvgIpc) is 2.38. The number of carbonyl (C=O) groups is 1. The quantitative estimate of drug-likeness (QED) is 0.783. The molecule has 0 aromatic heterocycles. The fraction of sp³-hybridized carbons (Fsp3) is 0.462. The first-order valence-corrected chi connectivity index (χ1v) is 6.97. The maximum absolute atomic E-state index is 12.3. The van der Waals surface area contributed by atoms with Gasteiger partial charge >= 0.3 is 6.18 Å². The molecule has 0 bridgehead atoms. The number of carbonyl (C=O) groups excluding carboxylic acids is 1. The van der Waals surface area contributed by atoms with Crippen molar-refractivity contribution in [3.8, 4) is 0 Å². The predicted molar refractivity (Wildman–Crippen MR) is 74.2 cm³/mol. The van der Waals surface area contributed by atoms with E-state index in [1.54, 1.807) is 12.1 Å². The summed E-state index contributed by atoms with van der Waals surface area (Å²) in [4.78, 5) is 14.4. The van der Waals surface area contributed by atoms with E-state index in [0.717, 1.165) is 16.4 Å². The number of nitrogens with zero attached hydrogens (tertiary/aromatic N) is 2. The molecule has 1 aromatic rings. The standard InChI is InChI=1S/C13H14BrF3N2O/c14-11-2-1-10(8-20)12(7-11)19-5-3-18(4-6-19)9-13(15,16)17/h1-2,7-8H,3-6,9H2. The van der Waals surface area contributed by atoms with Gasteiger partial charge in [0.2, 0.25) is 0 Å². The molecule has 0 spiro atoms. The monoisotopic (exact) mass is 350 g/mol. The number of aldehydes is 1. The van der Waals surface area contributed by atoms with Crippen molar-refractivity contribution in [2.75, 3.05) is 37.6 Å². The van der Waals surface area contributed by atoms with E-state index >= 15 is 0 Å². The van der Waals surface area contributed by atoms with Crippen LogP contribution in [0.5, 0.6) is 0 Å². The van der Waals surface area contributed by atoms with Crippen LogP contribution >= 0.6 is 15.9 Å². The van der Waals surface area contributed by atoms with Gasteiger partial charge in [-0.25, -0.2) is 0 Å². The first kappa shape index (κ1) is 15.3. The minimum absolute atomic E-state index is 0.338. The summed E-state index contributed by atoms with van der Waals surface area (Å²) in [6.45, 7) is 0.759. The Labute approximate surface area is 123 Å². The number of anilines is 1. The van der Waals surface area contributed by atoms with Gasteiger partial charge in [0, 0.05) is 41.9 Å². The number of halogens is 4. The summed E-state index contributed by atoms with van der Waals surface area (Å²) in [7, 11) is 0. The van der Waals surface area contributed by atoms with Gasteiger partial charge in [-0.15, -0.1) is 0 Å². The Balaban J connectivity index is 2.04. The van der Waals surface area contributed by atoms with Gasteiger partial charge in [-0.3, -0.25) is 9.69 Å². The van der Waals surface area contributed by atoms with Crippen LogP contribution in [0.3, 0.4) is 0 Å². The van der Waals surface area contributed by atoms with Crippen LogP contribution in [-0.2, 0) is 0 Å². The van der Waals surface area contributed by atoms with Gasteiger partial charge in [-0.1, -0.05) is 15.9 Å². The normalized spacial score (nSPS) is 17.3. The van der Waals surface area contributed by atoms with Crippen molar-refractivity contribution < 1.29 is 18.0 Å². The van der Waals surface area contributed by atoms with E-state index in [1.807, 2.05) is 11.0 Å². The SMILES string of the molecule is O=Cc1ccc(Br)cc1N1CCN(CC(F)(F)F)CC1. The van der Waals surface area contributed by atoms with Gasteiger partial charge in [-0.2, -0.15) is 13.2 Å². The molecule has 0 aliphatic carbocycles. The summed E-state index contributed by atoms with van der Waals surface area (Å²) in [5.74, 6) is 0. The molecule has 1 aliphatic heterocycles. The molecular weight excluding hydrogens is 337 g/mol. The third kappa shape index (κ3) is 3.96. The van der Waals surface area contributed by atoms with Crippen LogP contribution < -0.4 is 4.90 Å². The van der Waals surface area contributed by atoms with Gasteiger partial charge in [-0.05, 0) is 18.2 Å². The average molecular weight is 351 g/mol. The first-order valence-electron chi connectivity index (χ1n) is 6.18.